The number of amides is 1. The number of rotatable bonds is 5. The molecule has 2 unspecified atom stereocenters. The highest BCUT2D eigenvalue weighted by molar-refractivity contribution is 5.82. The number of carbonyl (C=O) groups is 2. The number of carboxylic acids is 1. The fourth-order valence-electron chi connectivity index (χ4n) is 3.33. The summed E-state index contributed by atoms with van der Waals surface area (Å²) in [4.78, 5) is 23.0. The zero-order chi connectivity index (χ0) is 15.0. The third-order valence-electron chi connectivity index (χ3n) is 4.74. The van der Waals surface area contributed by atoms with E-state index in [0.29, 0.717) is 19.1 Å². The Labute approximate surface area is 124 Å². The van der Waals surface area contributed by atoms with Gasteiger partial charge in [0, 0.05) is 6.54 Å². The maximum atomic E-state index is 12.1. The molecule has 0 aromatic carbocycles. The Morgan fingerprint density at radius 3 is 2.57 bits per heavy atom. The van der Waals surface area contributed by atoms with Gasteiger partial charge in [0.05, 0.1) is 12.2 Å². The van der Waals surface area contributed by atoms with Crippen LogP contribution in [0.4, 0.5) is 0 Å². The summed E-state index contributed by atoms with van der Waals surface area (Å²) in [7, 11) is 0. The third-order valence-corrected chi connectivity index (χ3v) is 4.74. The van der Waals surface area contributed by atoms with Crippen molar-refractivity contribution in [3.05, 3.63) is 0 Å². The standard InChI is InChI=1S/C15H23NO5/c1-8-6-12(21-13(8)15(18)19)14(17)16-7-10-4-5-11(20-10)9-2-3-9/h8-13H,2-7H2,1H3,(H,16,17)(H,18,19)/t8-,10?,11?,12-,13-/m1/s1. The number of ether oxygens (including phenoxy) is 2. The SMILES string of the molecule is C[C@@H]1C[C@H](C(=O)NCC2CCC(C3CC3)O2)O[C@H]1C(=O)O. The van der Waals surface area contributed by atoms with Crippen LogP contribution < -0.4 is 5.32 Å². The molecule has 21 heavy (non-hydrogen) atoms. The Balaban J connectivity index is 1.41. The summed E-state index contributed by atoms with van der Waals surface area (Å²) in [5.74, 6) is -0.616. The van der Waals surface area contributed by atoms with Crippen LogP contribution >= 0.6 is 0 Å². The van der Waals surface area contributed by atoms with Gasteiger partial charge in [0.15, 0.2) is 6.10 Å². The van der Waals surface area contributed by atoms with Crippen LogP contribution in [0.2, 0.25) is 0 Å². The second-order valence-electron chi connectivity index (χ2n) is 6.55. The van der Waals surface area contributed by atoms with Gasteiger partial charge >= 0.3 is 5.97 Å². The molecule has 2 heterocycles. The topological polar surface area (TPSA) is 84.9 Å². The molecule has 0 aromatic rings. The van der Waals surface area contributed by atoms with Crippen LogP contribution in [0.5, 0.6) is 0 Å². The Morgan fingerprint density at radius 1 is 1.19 bits per heavy atom. The minimum absolute atomic E-state index is 0.0913. The van der Waals surface area contributed by atoms with Gasteiger partial charge in [-0.05, 0) is 43.9 Å². The molecule has 6 heteroatoms. The van der Waals surface area contributed by atoms with E-state index in [-0.39, 0.29) is 17.9 Å². The molecular formula is C15H23NO5. The summed E-state index contributed by atoms with van der Waals surface area (Å²) < 4.78 is 11.3. The Morgan fingerprint density at radius 2 is 1.95 bits per heavy atom. The molecule has 5 atom stereocenters. The van der Waals surface area contributed by atoms with Gasteiger partial charge < -0.3 is 19.9 Å². The fourth-order valence-corrected chi connectivity index (χ4v) is 3.33. The van der Waals surface area contributed by atoms with Crippen molar-refractivity contribution in [2.75, 3.05) is 6.54 Å². The lowest BCUT2D eigenvalue weighted by atomic mass is 10.0. The predicted molar refractivity (Wildman–Crippen MR) is 73.7 cm³/mol. The molecular weight excluding hydrogens is 274 g/mol. The Hall–Kier alpha value is -1.14. The van der Waals surface area contributed by atoms with Gasteiger partial charge in [-0.2, -0.15) is 0 Å². The smallest absolute Gasteiger partial charge is 0.333 e. The molecule has 6 nitrogen and oxygen atoms in total. The number of hydrogen-bond donors (Lipinski definition) is 2. The monoisotopic (exact) mass is 297 g/mol. The summed E-state index contributed by atoms with van der Waals surface area (Å²) in [6.45, 7) is 2.29. The van der Waals surface area contributed by atoms with Crippen LogP contribution in [0.1, 0.15) is 39.0 Å². The van der Waals surface area contributed by atoms with E-state index in [2.05, 4.69) is 5.32 Å². The minimum atomic E-state index is -0.996. The number of hydrogen-bond acceptors (Lipinski definition) is 4. The normalized spacial score (nSPS) is 39.4. The predicted octanol–water partition coefficient (Wildman–Crippen LogP) is 0.938. The van der Waals surface area contributed by atoms with Crippen molar-refractivity contribution < 1.29 is 24.2 Å². The molecule has 0 bridgehead atoms. The third kappa shape index (κ3) is 3.37. The largest absolute Gasteiger partial charge is 0.479 e. The van der Waals surface area contributed by atoms with E-state index < -0.39 is 18.2 Å². The van der Waals surface area contributed by atoms with Gasteiger partial charge in [-0.15, -0.1) is 0 Å². The van der Waals surface area contributed by atoms with E-state index in [0.717, 1.165) is 18.8 Å². The first-order chi connectivity index (χ1) is 10.0. The average molecular weight is 297 g/mol. The number of carbonyl (C=O) groups excluding carboxylic acids is 1. The summed E-state index contributed by atoms with van der Waals surface area (Å²) in [6, 6.07) is 0. The lowest BCUT2D eigenvalue weighted by Crippen LogP contribution is -2.39. The molecule has 118 valence electrons. The van der Waals surface area contributed by atoms with Gasteiger partial charge in [-0.3, -0.25) is 4.79 Å². The van der Waals surface area contributed by atoms with Crippen LogP contribution in [-0.4, -0.2) is 47.9 Å². The van der Waals surface area contributed by atoms with Crippen LogP contribution in [0.15, 0.2) is 0 Å². The lowest BCUT2D eigenvalue weighted by molar-refractivity contribution is -0.153. The first-order valence-corrected chi connectivity index (χ1v) is 7.86. The van der Waals surface area contributed by atoms with E-state index in [1.165, 1.54) is 12.8 Å². The summed E-state index contributed by atoms with van der Waals surface area (Å²) >= 11 is 0. The average Bonchev–Trinajstić information content (AvgIpc) is 3.05. The summed E-state index contributed by atoms with van der Waals surface area (Å²) in [6.07, 6.45) is 4.02. The van der Waals surface area contributed by atoms with Gasteiger partial charge in [-0.25, -0.2) is 4.79 Å². The maximum Gasteiger partial charge on any atom is 0.333 e. The van der Waals surface area contributed by atoms with Crippen molar-refractivity contribution in [3.63, 3.8) is 0 Å². The van der Waals surface area contributed by atoms with Crippen molar-refractivity contribution in [1.29, 1.82) is 0 Å². The van der Waals surface area contributed by atoms with Crippen LogP contribution in [0.25, 0.3) is 0 Å². The van der Waals surface area contributed by atoms with Crippen molar-refractivity contribution in [1.82, 2.24) is 5.32 Å². The summed E-state index contributed by atoms with van der Waals surface area (Å²) in [5.41, 5.74) is 0. The molecule has 2 N–H and O–H groups in total. The van der Waals surface area contributed by atoms with Crippen molar-refractivity contribution in [2.45, 2.75) is 63.4 Å². The van der Waals surface area contributed by atoms with Crippen molar-refractivity contribution in [2.24, 2.45) is 11.8 Å². The maximum absolute atomic E-state index is 12.1. The molecule has 1 saturated carbocycles. The molecule has 1 aliphatic carbocycles. The molecule has 0 aromatic heterocycles. The number of aliphatic carboxylic acids is 1. The van der Waals surface area contributed by atoms with Crippen molar-refractivity contribution >= 4 is 11.9 Å². The van der Waals surface area contributed by atoms with Crippen molar-refractivity contribution in [3.8, 4) is 0 Å². The van der Waals surface area contributed by atoms with Gasteiger partial charge in [-0.1, -0.05) is 6.92 Å². The van der Waals surface area contributed by atoms with E-state index in [9.17, 15) is 9.59 Å². The Kier molecular flexibility index (Phi) is 4.17. The van der Waals surface area contributed by atoms with Gasteiger partial charge in [0.2, 0.25) is 5.91 Å². The first kappa shape index (κ1) is 14.8. The van der Waals surface area contributed by atoms with E-state index in [4.69, 9.17) is 14.6 Å². The van der Waals surface area contributed by atoms with Gasteiger partial charge in [0.25, 0.3) is 0 Å². The zero-order valence-electron chi connectivity index (χ0n) is 12.3. The second kappa shape index (κ2) is 5.93. The van der Waals surface area contributed by atoms with Gasteiger partial charge in [0.1, 0.15) is 6.10 Å². The highest BCUT2D eigenvalue weighted by Gasteiger charge is 2.41. The molecule has 1 amide bonds. The fraction of sp³-hybridized carbons (Fsp3) is 0.867. The molecule has 2 aliphatic heterocycles. The first-order valence-electron chi connectivity index (χ1n) is 7.86. The quantitative estimate of drug-likeness (QED) is 0.789. The van der Waals surface area contributed by atoms with E-state index in [1.54, 1.807) is 6.92 Å². The molecule has 3 rings (SSSR count). The molecule has 2 saturated heterocycles. The summed E-state index contributed by atoms with van der Waals surface area (Å²) in [5, 5.41) is 11.8. The van der Waals surface area contributed by atoms with Crippen LogP contribution in [-0.2, 0) is 19.1 Å². The van der Waals surface area contributed by atoms with Crippen LogP contribution in [0.3, 0.4) is 0 Å². The zero-order valence-corrected chi connectivity index (χ0v) is 12.3. The highest BCUT2D eigenvalue weighted by atomic mass is 16.5. The molecule has 0 spiro atoms. The van der Waals surface area contributed by atoms with E-state index in [1.807, 2.05) is 0 Å². The highest BCUT2D eigenvalue weighted by Crippen LogP contribution is 2.40. The minimum Gasteiger partial charge on any atom is -0.479 e. The number of nitrogens with one attached hydrogen (secondary N) is 1. The molecule has 3 fully saturated rings. The van der Waals surface area contributed by atoms with Crippen LogP contribution in [0, 0.1) is 11.8 Å². The molecule has 0 radical (unpaired) electrons. The second-order valence-corrected chi connectivity index (χ2v) is 6.55. The Bertz CT molecular complexity index is 422. The lowest BCUT2D eigenvalue weighted by Gasteiger charge is -2.16. The number of carboxylic acid groups (broad SMARTS) is 1. The molecule has 3 aliphatic rings. The van der Waals surface area contributed by atoms with E-state index >= 15 is 0 Å².